The van der Waals surface area contributed by atoms with Crippen LogP contribution in [0, 0.1) is 5.82 Å². The summed E-state index contributed by atoms with van der Waals surface area (Å²) in [7, 11) is 1.18. The summed E-state index contributed by atoms with van der Waals surface area (Å²) in [4.78, 5) is 11.1. The molecule has 0 bridgehead atoms. The molecule has 3 nitrogen and oxygen atoms in total. The third kappa shape index (κ3) is 1.83. The topological polar surface area (TPSA) is 52.3 Å². The predicted octanol–water partition coefficient (Wildman–Crippen LogP) is 2.61. The number of hydrogen-bond acceptors (Lipinski definition) is 3. The molecule has 1 rings (SSSR count). The summed E-state index contributed by atoms with van der Waals surface area (Å²) in [5.41, 5.74) is 4.98. The van der Waals surface area contributed by atoms with Gasteiger partial charge < -0.3 is 10.5 Å². The lowest BCUT2D eigenvalue weighted by molar-refractivity contribution is 0.0601. The summed E-state index contributed by atoms with van der Waals surface area (Å²) in [5.74, 6) is -1.54. The second-order valence-electron chi connectivity index (χ2n) is 2.44. The number of ether oxygens (including phenoxy) is 1. The fourth-order valence-electron chi connectivity index (χ4n) is 0.888. The van der Waals surface area contributed by atoms with Crippen molar-refractivity contribution in [3.05, 3.63) is 26.9 Å². The van der Waals surface area contributed by atoms with Gasteiger partial charge in [0.2, 0.25) is 0 Å². The third-order valence-electron chi connectivity index (χ3n) is 1.61. The normalized spacial score (nSPS) is 10.0. The van der Waals surface area contributed by atoms with Crippen molar-refractivity contribution in [3.63, 3.8) is 0 Å². The van der Waals surface area contributed by atoms with Crippen LogP contribution in [-0.2, 0) is 4.74 Å². The molecule has 0 saturated heterocycles. The number of nitrogen functional groups attached to an aromatic ring is 1. The first-order valence-electron chi connectivity index (χ1n) is 3.50. The summed E-state index contributed by atoms with van der Waals surface area (Å²) < 4.78 is 17.9. The molecule has 6 heteroatoms. The Balaban J connectivity index is 3.40. The number of nitrogens with two attached hydrogens (primary N) is 1. The second kappa shape index (κ2) is 4.14. The van der Waals surface area contributed by atoms with Gasteiger partial charge in [-0.25, -0.2) is 9.18 Å². The highest BCUT2D eigenvalue weighted by atomic mass is 79.9. The Bertz CT molecular complexity index is 397. The van der Waals surface area contributed by atoms with Gasteiger partial charge in [-0.1, -0.05) is 11.6 Å². The van der Waals surface area contributed by atoms with E-state index in [1.54, 1.807) is 0 Å². The summed E-state index contributed by atoms with van der Waals surface area (Å²) in [6.07, 6.45) is 0. The zero-order chi connectivity index (χ0) is 10.9. The lowest BCUT2D eigenvalue weighted by Gasteiger charge is -2.07. The molecule has 0 fully saturated rings. The zero-order valence-electron chi connectivity index (χ0n) is 7.11. The van der Waals surface area contributed by atoms with Crippen molar-refractivity contribution in [2.75, 3.05) is 12.8 Å². The van der Waals surface area contributed by atoms with Crippen LogP contribution < -0.4 is 5.73 Å². The molecule has 0 aromatic heterocycles. The van der Waals surface area contributed by atoms with Crippen molar-refractivity contribution in [1.82, 2.24) is 0 Å². The van der Waals surface area contributed by atoms with E-state index in [-0.39, 0.29) is 20.7 Å². The molecule has 0 aliphatic rings. The highest BCUT2D eigenvalue weighted by Crippen LogP contribution is 2.32. The number of hydrogen-bond donors (Lipinski definition) is 1. The standard InChI is InChI=1S/C8H6BrClFNO2/c1-14-8(13)3-2-4(9)5(10)6(11)7(3)12/h2H,12H2,1H3. The number of rotatable bonds is 1. The number of carbonyl (C=O) groups excluding carboxylic acids is 1. The van der Waals surface area contributed by atoms with Gasteiger partial charge in [0, 0.05) is 4.47 Å². The van der Waals surface area contributed by atoms with Crippen LogP contribution in [0.3, 0.4) is 0 Å². The van der Waals surface area contributed by atoms with Gasteiger partial charge in [-0.15, -0.1) is 0 Å². The van der Waals surface area contributed by atoms with Crippen LogP contribution in [-0.4, -0.2) is 13.1 Å². The van der Waals surface area contributed by atoms with Crippen LogP contribution in [0.5, 0.6) is 0 Å². The van der Waals surface area contributed by atoms with Crippen LogP contribution >= 0.6 is 27.5 Å². The van der Waals surface area contributed by atoms with E-state index in [1.807, 2.05) is 0 Å². The number of carbonyl (C=O) groups is 1. The van der Waals surface area contributed by atoms with E-state index in [9.17, 15) is 9.18 Å². The van der Waals surface area contributed by atoms with E-state index in [0.29, 0.717) is 0 Å². The molecular formula is C8H6BrClFNO2. The van der Waals surface area contributed by atoms with E-state index in [4.69, 9.17) is 17.3 Å². The van der Waals surface area contributed by atoms with Crippen LogP contribution in [0.1, 0.15) is 10.4 Å². The molecule has 1 aromatic rings. The molecule has 0 amide bonds. The van der Waals surface area contributed by atoms with E-state index >= 15 is 0 Å². The predicted molar refractivity (Wildman–Crippen MR) is 54.9 cm³/mol. The monoisotopic (exact) mass is 281 g/mol. The third-order valence-corrected chi connectivity index (χ3v) is 2.83. The largest absolute Gasteiger partial charge is 0.465 e. The smallest absolute Gasteiger partial charge is 0.340 e. The average Bonchev–Trinajstić information content (AvgIpc) is 2.19. The van der Waals surface area contributed by atoms with Gasteiger partial charge in [0.25, 0.3) is 0 Å². The van der Waals surface area contributed by atoms with Gasteiger partial charge in [-0.05, 0) is 22.0 Å². The first-order chi connectivity index (χ1) is 6.49. The molecule has 0 aliphatic carbocycles. The lowest BCUT2D eigenvalue weighted by atomic mass is 10.2. The minimum atomic E-state index is -0.832. The van der Waals surface area contributed by atoms with Crippen molar-refractivity contribution in [2.45, 2.75) is 0 Å². The molecule has 14 heavy (non-hydrogen) atoms. The molecular weight excluding hydrogens is 276 g/mol. The Morgan fingerprint density at radius 3 is 2.79 bits per heavy atom. The van der Waals surface area contributed by atoms with Crippen molar-refractivity contribution in [2.24, 2.45) is 0 Å². The summed E-state index contributed by atoms with van der Waals surface area (Å²) in [5, 5.41) is -0.157. The maximum Gasteiger partial charge on any atom is 0.340 e. The van der Waals surface area contributed by atoms with Crippen molar-refractivity contribution >= 4 is 39.2 Å². The Labute approximate surface area is 93.1 Å². The minimum absolute atomic E-state index is 0.0544. The number of halogens is 3. The number of esters is 1. The molecule has 0 heterocycles. The summed E-state index contributed by atoms with van der Waals surface area (Å²) >= 11 is 8.54. The zero-order valence-corrected chi connectivity index (χ0v) is 9.45. The first-order valence-corrected chi connectivity index (χ1v) is 4.67. The molecule has 1 aromatic carbocycles. The molecule has 0 radical (unpaired) electrons. The van der Waals surface area contributed by atoms with Crippen LogP contribution in [0.4, 0.5) is 10.1 Å². The van der Waals surface area contributed by atoms with E-state index in [2.05, 4.69) is 20.7 Å². The van der Waals surface area contributed by atoms with Gasteiger partial charge in [-0.3, -0.25) is 0 Å². The average molecular weight is 282 g/mol. The molecule has 0 saturated carbocycles. The number of anilines is 1. The van der Waals surface area contributed by atoms with Crippen LogP contribution in [0.2, 0.25) is 5.02 Å². The summed E-state index contributed by atoms with van der Waals surface area (Å²) in [6, 6.07) is 1.31. The maximum atomic E-state index is 13.3. The van der Waals surface area contributed by atoms with E-state index in [0.717, 1.165) is 0 Å². The maximum absolute atomic E-state index is 13.3. The highest BCUT2D eigenvalue weighted by molar-refractivity contribution is 9.10. The fourth-order valence-corrected chi connectivity index (χ4v) is 1.45. The van der Waals surface area contributed by atoms with Gasteiger partial charge in [0.1, 0.15) is 0 Å². The van der Waals surface area contributed by atoms with Gasteiger partial charge >= 0.3 is 5.97 Å². The van der Waals surface area contributed by atoms with Crippen molar-refractivity contribution in [1.29, 1.82) is 0 Å². The molecule has 0 atom stereocenters. The SMILES string of the molecule is COC(=O)c1cc(Br)c(Cl)c(F)c1N. The van der Waals surface area contributed by atoms with Crippen molar-refractivity contribution < 1.29 is 13.9 Å². The van der Waals surface area contributed by atoms with Crippen molar-refractivity contribution in [3.8, 4) is 0 Å². The minimum Gasteiger partial charge on any atom is -0.465 e. The Hall–Kier alpha value is -0.810. The number of methoxy groups -OCH3 is 1. The van der Waals surface area contributed by atoms with Gasteiger partial charge in [-0.2, -0.15) is 0 Å². The summed E-state index contributed by atoms with van der Waals surface area (Å²) in [6.45, 7) is 0. The van der Waals surface area contributed by atoms with Crippen LogP contribution in [0.15, 0.2) is 10.5 Å². The van der Waals surface area contributed by atoms with E-state index in [1.165, 1.54) is 13.2 Å². The Morgan fingerprint density at radius 2 is 2.29 bits per heavy atom. The van der Waals surface area contributed by atoms with Gasteiger partial charge in [0.15, 0.2) is 5.82 Å². The first kappa shape index (κ1) is 11.3. The lowest BCUT2D eigenvalue weighted by Crippen LogP contribution is -2.07. The molecule has 2 N–H and O–H groups in total. The molecule has 76 valence electrons. The van der Waals surface area contributed by atoms with Gasteiger partial charge in [0.05, 0.1) is 23.4 Å². The Kier molecular flexibility index (Phi) is 3.34. The fraction of sp³-hybridized carbons (Fsp3) is 0.125. The van der Waals surface area contributed by atoms with Crippen LogP contribution in [0.25, 0.3) is 0 Å². The highest BCUT2D eigenvalue weighted by Gasteiger charge is 2.18. The number of benzene rings is 1. The molecule has 0 unspecified atom stereocenters. The molecule has 0 aliphatic heterocycles. The Morgan fingerprint density at radius 1 is 1.71 bits per heavy atom. The molecule has 0 spiro atoms. The second-order valence-corrected chi connectivity index (χ2v) is 3.67. The van der Waals surface area contributed by atoms with E-state index < -0.39 is 11.8 Å². The quantitative estimate of drug-likeness (QED) is 0.489.